The van der Waals surface area contributed by atoms with Gasteiger partial charge in [0.15, 0.2) is 6.04 Å². The van der Waals surface area contributed by atoms with Crippen LogP contribution in [-0.4, -0.2) is 53.0 Å². The number of aliphatic hydroxyl groups is 1. The second-order valence-corrected chi connectivity index (χ2v) is 8.23. The number of carbonyl (C=O) groups excluding carboxylic acids is 2. The lowest BCUT2D eigenvalue weighted by molar-refractivity contribution is -0.145. The van der Waals surface area contributed by atoms with Gasteiger partial charge in [-0.1, -0.05) is 68.3 Å². The van der Waals surface area contributed by atoms with E-state index in [2.05, 4.69) is 10.6 Å². The van der Waals surface area contributed by atoms with E-state index in [-0.39, 0.29) is 12.5 Å². The first-order valence-corrected chi connectivity index (χ1v) is 11.2. The molecule has 0 saturated heterocycles. The van der Waals surface area contributed by atoms with Crippen LogP contribution in [0.2, 0.25) is 0 Å². The molecule has 8 heteroatoms. The summed E-state index contributed by atoms with van der Waals surface area (Å²) in [6, 6.07) is 13.5. The number of ether oxygens (including phenoxy) is 1. The van der Waals surface area contributed by atoms with Crippen LogP contribution in [0.5, 0.6) is 0 Å². The van der Waals surface area contributed by atoms with Gasteiger partial charge in [0.05, 0.1) is 6.10 Å². The van der Waals surface area contributed by atoms with Gasteiger partial charge in [0.25, 0.3) is 0 Å². The van der Waals surface area contributed by atoms with Gasteiger partial charge >= 0.3 is 12.1 Å². The molecule has 0 bridgehead atoms. The van der Waals surface area contributed by atoms with Crippen LogP contribution in [-0.2, 0) is 14.3 Å². The first-order chi connectivity index (χ1) is 15.8. The smallest absolute Gasteiger partial charge is 0.407 e. The molecule has 0 aliphatic heterocycles. The molecule has 0 saturated carbocycles. The van der Waals surface area contributed by atoms with Crippen LogP contribution < -0.4 is 10.6 Å². The number of aliphatic hydroxyl groups excluding tert-OH is 1. The van der Waals surface area contributed by atoms with Gasteiger partial charge in [0.1, 0.15) is 12.6 Å². The fraction of sp³-hybridized carbons (Fsp3) is 0.400. The highest BCUT2D eigenvalue weighted by molar-refractivity contribution is 5.89. The average molecular weight is 455 g/mol. The zero-order valence-corrected chi connectivity index (χ0v) is 18.8. The van der Waals surface area contributed by atoms with Crippen molar-refractivity contribution in [2.75, 3.05) is 6.61 Å². The van der Waals surface area contributed by atoms with E-state index in [4.69, 9.17) is 4.74 Å². The third-order valence-electron chi connectivity index (χ3n) is 5.84. The van der Waals surface area contributed by atoms with Crippen LogP contribution in [0.25, 0.3) is 11.1 Å². The summed E-state index contributed by atoms with van der Waals surface area (Å²) in [5.41, 5.74) is 4.38. The molecule has 4 N–H and O–H groups in total. The molecule has 0 radical (unpaired) electrons. The fourth-order valence-corrected chi connectivity index (χ4v) is 4.10. The maximum atomic E-state index is 12.6. The molecule has 0 heterocycles. The third-order valence-corrected chi connectivity index (χ3v) is 5.84. The summed E-state index contributed by atoms with van der Waals surface area (Å²) in [6.07, 6.45) is -0.286. The lowest BCUT2D eigenvalue weighted by Gasteiger charge is -2.23. The highest BCUT2D eigenvalue weighted by atomic mass is 16.5. The first kappa shape index (κ1) is 24.3. The summed E-state index contributed by atoms with van der Waals surface area (Å²) in [7, 11) is 0. The summed E-state index contributed by atoms with van der Waals surface area (Å²) >= 11 is 0. The van der Waals surface area contributed by atoms with Crippen molar-refractivity contribution in [1.82, 2.24) is 10.6 Å². The van der Waals surface area contributed by atoms with Crippen LogP contribution in [0.1, 0.15) is 50.2 Å². The van der Waals surface area contributed by atoms with E-state index in [9.17, 15) is 24.6 Å². The molecule has 1 aliphatic rings. The minimum atomic E-state index is -1.47. The van der Waals surface area contributed by atoms with Gasteiger partial charge in [-0.3, -0.25) is 4.79 Å². The number of fused-ring (bicyclic) bond motifs is 3. The number of carbonyl (C=O) groups is 3. The number of nitrogens with one attached hydrogen (secondary N) is 2. The van der Waals surface area contributed by atoms with Gasteiger partial charge in [0, 0.05) is 5.92 Å². The van der Waals surface area contributed by atoms with Crippen molar-refractivity contribution in [3.05, 3.63) is 59.7 Å². The normalized spacial score (nSPS) is 15.0. The summed E-state index contributed by atoms with van der Waals surface area (Å²) < 4.78 is 5.50. The molecular formula is C25H30N2O6. The Labute approximate surface area is 193 Å². The van der Waals surface area contributed by atoms with Crippen molar-refractivity contribution in [3.8, 4) is 11.1 Å². The summed E-state index contributed by atoms with van der Waals surface area (Å²) in [5, 5.41) is 23.7. The van der Waals surface area contributed by atoms with Crippen molar-refractivity contribution >= 4 is 18.0 Å². The molecule has 1 unspecified atom stereocenters. The van der Waals surface area contributed by atoms with Gasteiger partial charge in [-0.25, -0.2) is 9.59 Å². The minimum Gasteiger partial charge on any atom is -0.480 e. The Morgan fingerprint density at radius 3 is 2.09 bits per heavy atom. The standard InChI is InChI=1S/C25H30N2O6/c1-3-4-13-21(23(29)27-22(15(2)28)24(30)31)26-25(32)33-14-20-18-11-7-5-9-16(18)17-10-6-8-12-19(17)20/h5-12,15,20-22,28H,3-4,13-14H2,1-2H3,(H,26,32)(H,27,29)(H,30,31)/t15-,21?,22+/m1/s1. The molecule has 1 aliphatic carbocycles. The zero-order chi connectivity index (χ0) is 24.0. The highest BCUT2D eigenvalue weighted by Crippen LogP contribution is 2.44. The van der Waals surface area contributed by atoms with E-state index in [0.29, 0.717) is 12.8 Å². The Kier molecular flexibility index (Phi) is 8.06. The number of unbranched alkanes of at least 4 members (excludes halogenated alkanes) is 1. The van der Waals surface area contributed by atoms with Gasteiger partial charge in [-0.05, 0) is 35.6 Å². The number of carboxylic acids is 1. The molecule has 33 heavy (non-hydrogen) atoms. The fourth-order valence-electron chi connectivity index (χ4n) is 4.10. The van der Waals surface area contributed by atoms with Gasteiger partial charge in [0.2, 0.25) is 5.91 Å². The Hall–Kier alpha value is -3.39. The Morgan fingerprint density at radius 1 is 1.00 bits per heavy atom. The molecular weight excluding hydrogens is 424 g/mol. The number of aliphatic carboxylic acids is 1. The predicted octanol–water partition coefficient (Wildman–Crippen LogP) is 3.03. The Bertz CT molecular complexity index is 960. The first-order valence-electron chi connectivity index (χ1n) is 11.2. The third kappa shape index (κ3) is 5.70. The van der Waals surface area contributed by atoms with Crippen molar-refractivity contribution in [1.29, 1.82) is 0 Å². The van der Waals surface area contributed by atoms with Gasteiger partial charge in [-0.15, -0.1) is 0 Å². The maximum absolute atomic E-state index is 12.6. The summed E-state index contributed by atoms with van der Waals surface area (Å²) in [4.78, 5) is 36.5. The largest absolute Gasteiger partial charge is 0.480 e. The SMILES string of the molecule is CCCCC(NC(=O)OCC1c2ccccc2-c2ccccc21)C(=O)N[C@H](C(=O)O)[C@@H](C)O. The number of hydrogen-bond acceptors (Lipinski definition) is 5. The molecule has 8 nitrogen and oxygen atoms in total. The zero-order valence-electron chi connectivity index (χ0n) is 18.8. The Morgan fingerprint density at radius 2 is 1.58 bits per heavy atom. The maximum Gasteiger partial charge on any atom is 0.407 e. The quantitative estimate of drug-likeness (QED) is 0.437. The second-order valence-electron chi connectivity index (χ2n) is 8.23. The molecule has 0 spiro atoms. The van der Waals surface area contributed by atoms with Crippen molar-refractivity contribution in [2.24, 2.45) is 0 Å². The van der Waals surface area contributed by atoms with E-state index >= 15 is 0 Å². The molecule has 176 valence electrons. The molecule has 0 fully saturated rings. The number of alkyl carbamates (subject to hydrolysis) is 1. The predicted molar refractivity (Wildman–Crippen MR) is 123 cm³/mol. The molecule has 2 amide bonds. The molecule has 2 aromatic rings. The Balaban J connectivity index is 1.66. The van der Waals surface area contributed by atoms with Crippen LogP contribution in [0.15, 0.2) is 48.5 Å². The van der Waals surface area contributed by atoms with E-state index in [1.165, 1.54) is 6.92 Å². The number of hydrogen-bond donors (Lipinski definition) is 4. The number of amides is 2. The monoisotopic (exact) mass is 454 g/mol. The molecule has 3 rings (SSSR count). The second kappa shape index (κ2) is 11.0. The lowest BCUT2D eigenvalue weighted by atomic mass is 9.98. The number of carboxylic acid groups (broad SMARTS) is 1. The van der Waals surface area contributed by atoms with Gasteiger partial charge in [-0.2, -0.15) is 0 Å². The number of rotatable bonds is 10. The molecule has 0 aromatic heterocycles. The number of benzene rings is 2. The van der Waals surface area contributed by atoms with Crippen LogP contribution >= 0.6 is 0 Å². The highest BCUT2D eigenvalue weighted by Gasteiger charge is 2.31. The van der Waals surface area contributed by atoms with Crippen molar-refractivity contribution < 1.29 is 29.3 Å². The minimum absolute atomic E-state index is 0.105. The van der Waals surface area contributed by atoms with E-state index < -0.39 is 36.2 Å². The van der Waals surface area contributed by atoms with Crippen LogP contribution in [0.4, 0.5) is 4.79 Å². The van der Waals surface area contributed by atoms with E-state index in [0.717, 1.165) is 28.7 Å². The van der Waals surface area contributed by atoms with Gasteiger partial charge < -0.3 is 25.6 Å². The van der Waals surface area contributed by atoms with E-state index in [1.54, 1.807) is 0 Å². The lowest BCUT2D eigenvalue weighted by Crippen LogP contribution is -2.54. The summed E-state index contributed by atoms with van der Waals surface area (Å²) in [6.45, 7) is 3.32. The van der Waals surface area contributed by atoms with Crippen molar-refractivity contribution in [2.45, 2.75) is 57.2 Å². The van der Waals surface area contributed by atoms with Crippen molar-refractivity contribution in [3.63, 3.8) is 0 Å². The average Bonchev–Trinajstić information content (AvgIpc) is 3.12. The summed E-state index contributed by atoms with van der Waals surface area (Å²) in [5.74, 6) is -2.14. The van der Waals surface area contributed by atoms with Crippen LogP contribution in [0.3, 0.4) is 0 Å². The molecule has 3 atom stereocenters. The van der Waals surface area contributed by atoms with Crippen LogP contribution in [0, 0.1) is 0 Å². The topological polar surface area (TPSA) is 125 Å². The van der Waals surface area contributed by atoms with E-state index in [1.807, 2.05) is 55.5 Å². The molecule has 2 aromatic carbocycles.